The summed E-state index contributed by atoms with van der Waals surface area (Å²) >= 11 is 0. The van der Waals surface area contributed by atoms with Gasteiger partial charge in [0, 0.05) is 12.5 Å². The number of ketones is 1. The Labute approximate surface area is 115 Å². The zero-order valence-corrected chi connectivity index (χ0v) is 11.6. The van der Waals surface area contributed by atoms with Crippen LogP contribution in [0.3, 0.4) is 0 Å². The first-order valence-electron chi connectivity index (χ1n) is 5.41. The van der Waals surface area contributed by atoms with Gasteiger partial charge >= 0.3 is 16.1 Å². The van der Waals surface area contributed by atoms with Crippen LogP contribution in [0.5, 0.6) is 11.5 Å². The summed E-state index contributed by atoms with van der Waals surface area (Å²) in [6.45, 7) is 0. The van der Waals surface area contributed by atoms with Crippen LogP contribution >= 0.6 is 0 Å². The van der Waals surface area contributed by atoms with Crippen LogP contribution in [-0.2, 0) is 19.6 Å². The molecule has 0 radical (unpaired) electrons. The van der Waals surface area contributed by atoms with Crippen LogP contribution in [-0.4, -0.2) is 43.6 Å². The van der Waals surface area contributed by atoms with E-state index in [9.17, 15) is 23.1 Å². The molecule has 0 atom stereocenters. The summed E-state index contributed by atoms with van der Waals surface area (Å²) in [5, 5.41) is 9.61. The summed E-state index contributed by atoms with van der Waals surface area (Å²) in [5.74, 6) is -1.87. The van der Waals surface area contributed by atoms with Gasteiger partial charge in [0.05, 0.1) is 26.0 Å². The number of pyridine rings is 1. The van der Waals surface area contributed by atoms with Crippen LogP contribution in [0, 0.1) is 0 Å². The first kappa shape index (κ1) is 15.9. The minimum atomic E-state index is -3.75. The number of methoxy groups -OCH3 is 1. The molecule has 0 aliphatic carbocycles. The Morgan fingerprint density at radius 2 is 2.00 bits per heavy atom. The highest BCUT2D eigenvalue weighted by Gasteiger charge is 2.16. The maximum atomic E-state index is 11.7. The Kier molecular flexibility index (Phi) is 5.03. The van der Waals surface area contributed by atoms with E-state index < -0.39 is 27.6 Å². The molecule has 1 aromatic heterocycles. The van der Waals surface area contributed by atoms with Crippen molar-refractivity contribution < 1.29 is 32.0 Å². The lowest BCUT2D eigenvalue weighted by molar-refractivity contribution is -0.140. The number of aromatic hydroxyl groups is 1. The SMILES string of the molecule is COC(=O)CCC(=O)c1ncc(OS(C)(=O)=O)cc1O. The van der Waals surface area contributed by atoms with Crippen LogP contribution in [0.2, 0.25) is 0 Å². The van der Waals surface area contributed by atoms with Crippen LogP contribution in [0.25, 0.3) is 0 Å². The van der Waals surface area contributed by atoms with E-state index in [0.717, 1.165) is 18.5 Å². The Balaban J connectivity index is 2.82. The van der Waals surface area contributed by atoms with Crippen molar-refractivity contribution in [3.63, 3.8) is 0 Å². The molecule has 0 spiro atoms. The highest BCUT2D eigenvalue weighted by molar-refractivity contribution is 7.86. The lowest BCUT2D eigenvalue weighted by atomic mass is 10.1. The average Bonchev–Trinajstić information content (AvgIpc) is 2.33. The normalized spacial score (nSPS) is 10.9. The monoisotopic (exact) mass is 303 g/mol. The Bertz CT molecular complexity index is 624. The minimum absolute atomic E-state index is 0.141. The van der Waals surface area contributed by atoms with Gasteiger partial charge in [-0.2, -0.15) is 8.42 Å². The summed E-state index contributed by atoms with van der Waals surface area (Å²) in [7, 11) is -2.55. The van der Waals surface area contributed by atoms with Crippen molar-refractivity contribution in [3.8, 4) is 11.5 Å². The van der Waals surface area contributed by atoms with Crippen LogP contribution in [0.4, 0.5) is 0 Å². The molecule has 0 amide bonds. The zero-order chi connectivity index (χ0) is 15.3. The molecule has 110 valence electrons. The largest absolute Gasteiger partial charge is 0.505 e. The molecule has 0 bridgehead atoms. The van der Waals surface area contributed by atoms with E-state index in [1.807, 2.05) is 0 Å². The second kappa shape index (κ2) is 6.33. The minimum Gasteiger partial charge on any atom is -0.505 e. The number of esters is 1. The van der Waals surface area contributed by atoms with Gasteiger partial charge in [-0.05, 0) is 0 Å². The van der Waals surface area contributed by atoms with Gasteiger partial charge in [-0.15, -0.1) is 0 Å². The van der Waals surface area contributed by atoms with Gasteiger partial charge in [-0.3, -0.25) is 9.59 Å². The lowest BCUT2D eigenvalue weighted by Gasteiger charge is -2.06. The topological polar surface area (TPSA) is 120 Å². The molecular formula is C11H13NO7S. The molecule has 0 saturated carbocycles. The molecule has 20 heavy (non-hydrogen) atoms. The standard InChI is InChI=1S/C11H13NO7S/c1-18-10(15)4-3-8(13)11-9(14)5-7(6-12-11)19-20(2,16)17/h5-6,14H,3-4H2,1-2H3. The number of carbonyl (C=O) groups is 2. The maximum absolute atomic E-state index is 11.7. The molecule has 9 heteroatoms. The number of aromatic nitrogens is 1. The number of Topliss-reactive ketones (excluding diaryl/α,β-unsaturated/α-hetero) is 1. The molecule has 0 unspecified atom stereocenters. The van der Waals surface area contributed by atoms with Gasteiger partial charge in [0.2, 0.25) is 0 Å². The molecule has 1 rings (SSSR count). The third kappa shape index (κ3) is 4.84. The van der Waals surface area contributed by atoms with Crippen molar-refractivity contribution in [2.75, 3.05) is 13.4 Å². The summed E-state index contributed by atoms with van der Waals surface area (Å²) in [4.78, 5) is 26.2. The van der Waals surface area contributed by atoms with Crippen molar-refractivity contribution in [2.24, 2.45) is 0 Å². The quantitative estimate of drug-likeness (QED) is 0.451. The van der Waals surface area contributed by atoms with Gasteiger partial charge in [-0.25, -0.2) is 4.98 Å². The molecule has 0 aliphatic heterocycles. The van der Waals surface area contributed by atoms with Gasteiger partial charge in [0.1, 0.15) is 11.4 Å². The number of rotatable bonds is 6. The third-order valence-corrected chi connectivity index (χ3v) is 2.63. The molecule has 0 fully saturated rings. The van der Waals surface area contributed by atoms with E-state index in [4.69, 9.17) is 0 Å². The predicted octanol–water partition coefficient (Wildman–Crippen LogP) is 0.262. The van der Waals surface area contributed by atoms with E-state index in [1.54, 1.807) is 0 Å². The maximum Gasteiger partial charge on any atom is 0.306 e. The van der Waals surface area contributed by atoms with Crippen molar-refractivity contribution in [3.05, 3.63) is 18.0 Å². The third-order valence-electron chi connectivity index (χ3n) is 2.14. The van der Waals surface area contributed by atoms with Crippen molar-refractivity contribution in [1.82, 2.24) is 4.98 Å². The zero-order valence-electron chi connectivity index (χ0n) is 10.8. The highest BCUT2D eigenvalue weighted by atomic mass is 32.2. The fraction of sp³-hybridized carbons (Fsp3) is 0.364. The summed E-state index contributed by atoms with van der Waals surface area (Å²) < 4.78 is 30.7. The number of nitrogens with zero attached hydrogens (tertiary/aromatic N) is 1. The second-order valence-electron chi connectivity index (χ2n) is 3.83. The average molecular weight is 303 g/mol. The van der Waals surface area contributed by atoms with Gasteiger partial charge in [-0.1, -0.05) is 0 Å². The summed E-state index contributed by atoms with van der Waals surface area (Å²) in [6.07, 6.45) is 1.50. The molecular weight excluding hydrogens is 290 g/mol. The molecule has 0 aliphatic rings. The fourth-order valence-corrected chi connectivity index (χ4v) is 1.75. The van der Waals surface area contributed by atoms with Crippen LogP contribution < -0.4 is 4.18 Å². The number of hydrogen-bond acceptors (Lipinski definition) is 8. The van der Waals surface area contributed by atoms with E-state index in [-0.39, 0.29) is 24.3 Å². The summed E-state index contributed by atoms with van der Waals surface area (Å²) in [6, 6.07) is 0.958. The molecule has 1 N–H and O–H groups in total. The first-order valence-corrected chi connectivity index (χ1v) is 7.23. The fourth-order valence-electron chi connectivity index (χ4n) is 1.31. The van der Waals surface area contributed by atoms with Crippen LogP contribution in [0.1, 0.15) is 23.3 Å². The Morgan fingerprint density at radius 1 is 1.35 bits per heavy atom. The number of carbonyl (C=O) groups excluding carboxylic acids is 2. The second-order valence-corrected chi connectivity index (χ2v) is 5.40. The first-order chi connectivity index (χ1) is 9.23. The van der Waals surface area contributed by atoms with Crippen molar-refractivity contribution >= 4 is 21.9 Å². The lowest BCUT2D eigenvalue weighted by Crippen LogP contribution is -2.09. The van der Waals surface area contributed by atoms with Crippen molar-refractivity contribution in [1.29, 1.82) is 0 Å². The van der Waals surface area contributed by atoms with E-state index >= 15 is 0 Å². The van der Waals surface area contributed by atoms with Crippen molar-refractivity contribution in [2.45, 2.75) is 12.8 Å². The van der Waals surface area contributed by atoms with E-state index in [2.05, 4.69) is 13.9 Å². The van der Waals surface area contributed by atoms with Gasteiger partial charge in [0.15, 0.2) is 11.5 Å². The summed E-state index contributed by atoms with van der Waals surface area (Å²) in [5.41, 5.74) is -0.269. The van der Waals surface area contributed by atoms with E-state index in [0.29, 0.717) is 0 Å². The predicted molar refractivity (Wildman–Crippen MR) is 67.0 cm³/mol. The van der Waals surface area contributed by atoms with Gasteiger partial charge < -0.3 is 14.0 Å². The van der Waals surface area contributed by atoms with Gasteiger partial charge in [0.25, 0.3) is 0 Å². The molecule has 0 saturated heterocycles. The molecule has 1 aromatic rings. The van der Waals surface area contributed by atoms with E-state index in [1.165, 1.54) is 7.11 Å². The molecule has 1 heterocycles. The Hall–Kier alpha value is -2.16. The molecule has 8 nitrogen and oxygen atoms in total. The number of hydrogen-bond donors (Lipinski definition) is 1. The Morgan fingerprint density at radius 3 is 2.50 bits per heavy atom. The molecule has 0 aromatic carbocycles. The smallest absolute Gasteiger partial charge is 0.306 e. The van der Waals surface area contributed by atoms with Crippen LogP contribution in [0.15, 0.2) is 12.3 Å². The highest BCUT2D eigenvalue weighted by Crippen LogP contribution is 2.23. The number of ether oxygens (including phenoxy) is 1.